The highest BCUT2D eigenvalue weighted by atomic mass is 19.4. The number of ether oxygens (including phenoxy) is 1. The van der Waals surface area contributed by atoms with Gasteiger partial charge in [-0.3, -0.25) is 0 Å². The van der Waals surface area contributed by atoms with Gasteiger partial charge in [-0.1, -0.05) is 30.3 Å². The summed E-state index contributed by atoms with van der Waals surface area (Å²) in [5.41, 5.74) is -2.35. The van der Waals surface area contributed by atoms with Crippen molar-refractivity contribution < 1.29 is 35.9 Å². The van der Waals surface area contributed by atoms with E-state index in [0.717, 1.165) is 31.5 Å². The number of hydrogen-bond acceptors (Lipinski definition) is 2. The number of amides is 2. The van der Waals surface area contributed by atoms with E-state index in [4.69, 9.17) is 4.74 Å². The lowest BCUT2D eigenvalue weighted by atomic mass is 9.59. The smallest absolute Gasteiger partial charge is 0.373 e. The van der Waals surface area contributed by atoms with E-state index >= 15 is 0 Å². The molecule has 0 spiro atoms. The van der Waals surface area contributed by atoms with Crippen molar-refractivity contribution in [3.8, 4) is 0 Å². The van der Waals surface area contributed by atoms with Crippen LogP contribution >= 0.6 is 0 Å². The van der Waals surface area contributed by atoms with Crippen LogP contribution in [-0.4, -0.2) is 37.2 Å². The molecule has 10 heteroatoms. The fourth-order valence-corrected chi connectivity index (χ4v) is 5.28. The van der Waals surface area contributed by atoms with Crippen molar-refractivity contribution in [1.82, 2.24) is 10.2 Å². The molecule has 2 aromatic rings. The third kappa shape index (κ3) is 6.40. The van der Waals surface area contributed by atoms with Gasteiger partial charge in [0.1, 0.15) is 0 Å². The largest absolute Gasteiger partial charge is 0.416 e. The molecule has 2 aliphatic rings. The average Bonchev–Trinajstić information content (AvgIpc) is 3.37. The first-order valence-corrected chi connectivity index (χ1v) is 12.4. The second kappa shape index (κ2) is 10.6. The Morgan fingerprint density at radius 3 is 2.11 bits per heavy atom. The highest BCUT2D eigenvalue weighted by Gasteiger charge is 2.46. The van der Waals surface area contributed by atoms with Gasteiger partial charge in [-0.05, 0) is 67.9 Å². The summed E-state index contributed by atoms with van der Waals surface area (Å²) in [7, 11) is 0. The molecule has 1 heterocycles. The summed E-state index contributed by atoms with van der Waals surface area (Å²) in [4.78, 5) is 14.1. The van der Waals surface area contributed by atoms with Gasteiger partial charge in [0.25, 0.3) is 0 Å². The maximum atomic E-state index is 13.3. The molecule has 0 aromatic heterocycles. The summed E-state index contributed by atoms with van der Waals surface area (Å²) < 4.78 is 85.7. The van der Waals surface area contributed by atoms with Gasteiger partial charge in [0.15, 0.2) is 0 Å². The Morgan fingerprint density at radius 1 is 1.00 bits per heavy atom. The third-order valence-electron chi connectivity index (χ3n) is 7.37. The molecular formula is C27H30F6N2O2. The molecule has 1 saturated heterocycles. The predicted molar refractivity (Wildman–Crippen MR) is 126 cm³/mol. The van der Waals surface area contributed by atoms with Crippen molar-refractivity contribution in [2.24, 2.45) is 5.92 Å². The van der Waals surface area contributed by atoms with E-state index < -0.39 is 35.0 Å². The summed E-state index contributed by atoms with van der Waals surface area (Å²) in [6.07, 6.45) is -7.46. The Hall–Kier alpha value is -2.75. The van der Waals surface area contributed by atoms with E-state index in [9.17, 15) is 31.1 Å². The number of carbonyl (C=O) groups is 1. The number of nitrogens with one attached hydrogen (secondary N) is 1. The first kappa shape index (κ1) is 27.3. The van der Waals surface area contributed by atoms with E-state index in [1.54, 1.807) is 4.90 Å². The normalized spacial score (nSPS) is 23.0. The van der Waals surface area contributed by atoms with Crippen LogP contribution in [0.4, 0.5) is 31.1 Å². The molecule has 202 valence electrons. The Bertz CT molecular complexity index is 1040. The third-order valence-corrected chi connectivity index (χ3v) is 7.37. The van der Waals surface area contributed by atoms with Crippen LogP contribution in [0.2, 0.25) is 0 Å². The van der Waals surface area contributed by atoms with Gasteiger partial charge < -0.3 is 15.0 Å². The summed E-state index contributed by atoms with van der Waals surface area (Å²) in [6, 6.07) is 11.0. The number of rotatable bonds is 7. The maximum Gasteiger partial charge on any atom is 0.416 e. The maximum absolute atomic E-state index is 13.3. The molecule has 2 fully saturated rings. The van der Waals surface area contributed by atoms with Crippen molar-refractivity contribution >= 4 is 6.03 Å². The van der Waals surface area contributed by atoms with E-state index in [-0.39, 0.29) is 30.2 Å². The van der Waals surface area contributed by atoms with Crippen molar-refractivity contribution in [1.29, 1.82) is 0 Å². The zero-order chi connectivity index (χ0) is 26.8. The first-order chi connectivity index (χ1) is 17.4. The number of likely N-dealkylation sites (tertiary alicyclic amines) is 1. The molecule has 37 heavy (non-hydrogen) atoms. The first-order valence-electron chi connectivity index (χ1n) is 12.4. The highest BCUT2D eigenvalue weighted by molar-refractivity contribution is 5.74. The summed E-state index contributed by atoms with van der Waals surface area (Å²) in [5.74, 6) is 0.191. The minimum Gasteiger partial charge on any atom is -0.373 e. The Labute approximate surface area is 212 Å². The standard InChI is InChI=1S/C27H30F6N2O2/c1-18(20-11-22(26(28,29)30)13-23(12-20)27(31,32)33)37-17-25(21-7-3-2-4-8-21)14-19(15-25)16-34-24(36)35-9-5-6-10-35/h2-4,7-8,11-13,18-19H,5-6,9-10,14-17H2,1H3,(H,34,36)/t18-,19-,25+/m1/s1. The number of urea groups is 1. The summed E-state index contributed by atoms with van der Waals surface area (Å²) >= 11 is 0. The highest BCUT2D eigenvalue weighted by Crippen LogP contribution is 2.48. The van der Waals surface area contributed by atoms with Gasteiger partial charge in [-0.2, -0.15) is 26.3 Å². The van der Waals surface area contributed by atoms with E-state index in [2.05, 4.69) is 5.32 Å². The Kier molecular flexibility index (Phi) is 7.78. The lowest BCUT2D eigenvalue weighted by Crippen LogP contribution is -2.50. The van der Waals surface area contributed by atoms with E-state index in [0.29, 0.717) is 31.5 Å². The molecule has 4 nitrogen and oxygen atoms in total. The number of halogens is 6. The van der Waals surface area contributed by atoms with Gasteiger partial charge in [-0.15, -0.1) is 0 Å². The van der Waals surface area contributed by atoms with Crippen LogP contribution in [0.1, 0.15) is 61.0 Å². The Balaban J connectivity index is 1.45. The Morgan fingerprint density at radius 2 is 1.57 bits per heavy atom. The molecule has 1 N–H and O–H groups in total. The van der Waals surface area contributed by atoms with Crippen molar-refractivity contribution in [2.45, 2.75) is 56.5 Å². The zero-order valence-corrected chi connectivity index (χ0v) is 20.5. The molecule has 1 atom stereocenters. The number of alkyl halides is 6. The monoisotopic (exact) mass is 528 g/mol. The van der Waals surface area contributed by atoms with Crippen LogP contribution < -0.4 is 5.32 Å². The van der Waals surface area contributed by atoms with E-state index in [1.165, 1.54) is 6.92 Å². The van der Waals surface area contributed by atoms with Gasteiger partial charge in [0, 0.05) is 25.0 Å². The molecule has 2 aromatic carbocycles. The predicted octanol–water partition coefficient (Wildman–Crippen LogP) is 6.96. The SMILES string of the molecule is C[C@@H](OC[C@]1(c2ccccc2)C[C@@H](CNC(=O)N2CCCC2)C1)c1cc(C(F)(F)F)cc(C(F)(F)F)c1. The molecule has 2 amide bonds. The second-order valence-corrected chi connectivity index (χ2v) is 10.1. The molecule has 4 rings (SSSR count). The van der Waals surface area contributed by atoms with Crippen LogP contribution in [0.25, 0.3) is 0 Å². The fourth-order valence-electron chi connectivity index (χ4n) is 5.28. The molecular weight excluding hydrogens is 498 g/mol. The van der Waals surface area contributed by atoms with Crippen LogP contribution in [-0.2, 0) is 22.5 Å². The number of carbonyl (C=O) groups excluding carboxylic acids is 1. The second-order valence-electron chi connectivity index (χ2n) is 10.1. The topological polar surface area (TPSA) is 41.6 Å². The van der Waals surface area contributed by atoms with Crippen LogP contribution in [0.5, 0.6) is 0 Å². The number of hydrogen-bond donors (Lipinski definition) is 1. The van der Waals surface area contributed by atoms with Gasteiger partial charge >= 0.3 is 18.4 Å². The van der Waals surface area contributed by atoms with Crippen LogP contribution in [0, 0.1) is 5.92 Å². The average molecular weight is 529 g/mol. The summed E-state index contributed by atoms with van der Waals surface area (Å²) in [6.45, 7) is 3.60. The van der Waals surface area contributed by atoms with Gasteiger partial charge in [-0.25, -0.2) is 4.79 Å². The fraction of sp³-hybridized carbons (Fsp3) is 0.519. The zero-order valence-electron chi connectivity index (χ0n) is 20.5. The number of nitrogens with zero attached hydrogens (tertiary/aromatic N) is 1. The lowest BCUT2D eigenvalue weighted by molar-refractivity contribution is -0.143. The van der Waals surface area contributed by atoms with E-state index in [1.807, 2.05) is 30.3 Å². The molecule has 0 radical (unpaired) electrons. The van der Waals surface area contributed by atoms with Crippen molar-refractivity contribution in [3.63, 3.8) is 0 Å². The minimum absolute atomic E-state index is 0.0791. The molecule has 0 bridgehead atoms. The molecule has 1 aliphatic carbocycles. The molecule has 1 saturated carbocycles. The molecule has 1 aliphatic heterocycles. The van der Waals surface area contributed by atoms with Crippen molar-refractivity contribution in [3.05, 3.63) is 70.8 Å². The van der Waals surface area contributed by atoms with Crippen molar-refractivity contribution in [2.75, 3.05) is 26.2 Å². The quantitative estimate of drug-likeness (QED) is 0.395. The van der Waals surface area contributed by atoms with Gasteiger partial charge in [0.05, 0.1) is 23.8 Å². The number of benzene rings is 2. The minimum atomic E-state index is -4.91. The van der Waals surface area contributed by atoms with Crippen LogP contribution in [0.3, 0.4) is 0 Å². The molecule has 0 unspecified atom stereocenters. The lowest BCUT2D eigenvalue weighted by Gasteiger charge is -2.48. The summed E-state index contributed by atoms with van der Waals surface area (Å²) in [5, 5.41) is 2.98. The van der Waals surface area contributed by atoms with Crippen LogP contribution in [0.15, 0.2) is 48.5 Å². The van der Waals surface area contributed by atoms with Gasteiger partial charge in [0.2, 0.25) is 0 Å².